The van der Waals surface area contributed by atoms with Crippen LogP contribution in [0.3, 0.4) is 0 Å². The molecule has 0 saturated heterocycles. The normalized spacial score (nSPS) is 15.1. The van der Waals surface area contributed by atoms with Gasteiger partial charge in [0.2, 0.25) is 0 Å². The van der Waals surface area contributed by atoms with Crippen LogP contribution in [0.1, 0.15) is 29.4 Å². The van der Waals surface area contributed by atoms with Crippen molar-refractivity contribution in [2.45, 2.75) is 20.1 Å². The molecule has 1 aromatic heterocycles. The summed E-state index contributed by atoms with van der Waals surface area (Å²) in [6.45, 7) is 2.00. The van der Waals surface area contributed by atoms with Gasteiger partial charge in [0.05, 0.1) is 24.1 Å². The third kappa shape index (κ3) is 2.28. The molecule has 0 spiro atoms. The Labute approximate surface area is 123 Å². The van der Waals surface area contributed by atoms with Gasteiger partial charge in [-0.1, -0.05) is 24.3 Å². The molecule has 2 aromatic rings. The van der Waals surface area contributed by atoms with Crippen LogP contribution in [-0.2, 0) is 13.2 Å². The van der Waals surface area contributed by atoms with E-state index in [-0.39, 0.29) is 6.61 Å². The van der Waals surface area contributed by atoms with E-state index in [9.17, 15) is 10.4 Å². The van der Waals surface area contributed by atoms with E-state index >= 15 is 0 Å². The van der Waals surface area contributed by atoms with E-state index in [1.807, 2.05) is 30.3 Å². The van der Waals surface area contributed by atoms with Gasteiger partial charge < -0.3 is 9.84 Å². The number of nitrogens with zero attached hydrogens (tertiary/aromatic N) is 2. The second kappa shape index (κ2) is 5.39. The van der Waals surface area contributed by atoms with E-state index in [2.05, 4.69) is 11.1 Å². The molecule has 0 bridgehead atoms. The lowest BCUT2D eigenvalue weighted by atomic mass is 9.93. The maximum absolute atomic E-state index is 9.32. The second-order valence-electron chi connectivity index (χ2n) is 4.85. The number of ether oxygens (including phenoxy) is 1. The molecule has 1 aromatic carbocycles. The molecule has 21 heavy (non-hydrogen) atoms. The van der Waals surface area contributed by atoms with Gasteiger partial charge in [-0.25, -0.2) is 0 Å². The van der Waals surface area contributed by atoms with E-state index < -0.39 is 0 Å². The van der Waals surface area contributed by atoms with Crippen LogP contribution in [0.15, 0.2) is 42.0 Å². The van der Waals surface area contributed by atoms with Crippen LogP contribution in [0.25, 0.3) is 5.57 Å². The van der Waals surface area contributed by atoms with Gasteiger partial charge in [0, 0.05) is 22.3 Å². The summed E-state index contributed by atoms with van der Waals surface area (Å²) in [5.41, 5.74) is 4.58. The number of fused-ring (bicyclic) bond motifs is 2. The highest BCUT2D eigenvalue weighted by molar-refractivity contribution is 5.87. The summed E-state index contributed by atoms with van der Waals surface area (Å²) >= 11 is 0. The lowest BCUT2D eigenvalue weighted by Gasteiger charge is -2.11. The summed E-state index contributed by atoms with van der Waals surface area (Å²) in [7, 11) is 0. The van der Waals surface area contributed by atoms with Crippen LogP contribution in [0.5, 0.6) is 5.75 Å². The van der Waals surface area contributed by atoms with Crippen molar-refractivity contribution in [1.82, 2.24) is 4.98 Å². The molecule has 0 saturated carbocycles. The lowest BCUT2D eigenvalue weighted by Crippen LogP contribution is -2.03. The van der Waals surface area contributed by atoms with Crippen LogP contribution in [0, 0.1) is 11.3 Å². The molecular weight excluding hydrogens is 264 g/mol. The number of benzene rings is 1. The first-order chi connectivity index (χ1) is 10.2. The van der Waals surface area contributed by atoms with E-state index in [0.29, 0.717) is 17.9 Å². The molecular formula is C17H14N2O2. The van der Waals surface area contributed by atoms with Crippen molar-refractivity contribution >= 4 is 5.57 Å². The Morgan fingerprint density at radius 3 is 2.86 bits per heavy atom. The number of aromatic nitrogens is 1. The average Bonchev–Trinajstić information content (AvgIpc) is 2.70. The Kier molecular flexibility index (Phi) is 3.43. The molecule has 4 heteroatoms. The number of para-hydroxylation sites is 1. The minimum atomic E-state index is -0.115. The summed E-state index contributed by atoms with van der Waals surface area (Å²) in [6.07, 6.45) is 0. The maximum atomic E-state index is 9.32. The summed E-state index contributed by atoms with van der Waals surface area (Å²) in [5, 5.41) is 18.6. The van der Waals surface area contributed by atoms with Crippen LogP contribution < -0.4 is 4.74 Å². The zero-order valence-electron chi connectivity index (χ0n) is 11.6. The first kappa shape index (κ1) is 13.3. The molecule has 104 valence electrons. The van der Waals surface area contributed by atoms with Crippen LogP contribution in [0.4, 0.5) is 0 Å². The van der Waals surface area contributed by atoms with Crippen molar-refractivity contribution in [3.63, 3.8) is 0 Å². The molecule has 0 unspecified atom stereocenters. The fourth-order valence-electron chi connectivity index (χ4n) is 2.52. The third-order valence-corrected chi connectivity index (χ3v) is 3.53. The average molecular weight is 278 g/mol. The zero-order valence-corrected chi connectivity index (χ0v) is 11.6. The molecule has 2 heterocycles. The number of allylic oxidation sites excluding steroid dienone is 1. The number of aliphatic hydroxyl groups excluding tert-OH is 1. The summed E-state index contributed by atoms with van der Waals surface area (Å²) in [6, 6.07) is 13.6. The van der Waals surface area contributed by atoms with Crippen molar-refractivity contribution in [3.05, 3.63) is 64.5 Å². The molecule has 1 N–H and O–H groups in total. The van der Waals surface area contributed by atoms with Crippen LogP contribution >= 0.6 is 0 Å². The monoisotopic (exact) mass is 278 g/mol. The number of rotatable bonds is 1. The van der Waals surface area contributed by atoms with Gasteiger partial charge >= 0.3 is 0 Å². The second-order valence-corrected chi connectivity index (χ2v) is 4.85. The van der Waals surface area contributed by atoms with Crippen molar-refractivity contribution < 1.29 is 9.84 Å². The van der Waals surface area contributed by atoms with E-state index in [1.54, 1.807) is 13.0 Å². The molecule has 0 radical (unpaired) electrons. The standard InChI is InChI=1S/C17H14N2O2/c1-11(8-18)17-13-7-6-12(9-20)19-15(13)10-21-16-5-3-2-4-14(16)17/h2-7,20H,9-10H2,1H3. The predicted octanol–water partition coefficient (Wildman–Crippen LogP) is 2.81. The van der Waals surface area contributed by atoms with Crippen LogP contribution in [0.2, 0.25) is 0 Å². The SMILES string of the molecule is CC(C#N)=C1c2ccccc2OCc2nc(CO)ccc21. The molecule has 1 aliphatic rings. The first-order valence-corrected chi connectivity index (χ1v) is 6.67. The van der Waals surface area contributed by atoms with E-state index in [1.165, 1.54) is 0 Å². The summed E-state index contributed by atoms with van der Waals surface area (Å²) in [5.74, 6) is 0.741. The Morgan fingerprint density at radius 1 is 1.29 bits per heavy atom. The maximum Gasteiger partial charge on any atom is 0.131 e. The number of hydrogen-bond acceptors (Lipinski definition) is 4. The highest BCUT2D eigenvalue weighted by atomic mass is 16.5. The fraction of sp³-hybridized carbons (Fsp3) is 0.176. The molecule has 3 rings (SSSR count). The summed E-state index contributed by atoms with van der Waals surface area (Å²) in [4.78, 5) is 4.42. The van der Waals surface area contributed by atoms with E-state index in [4.69, 9.17) is 4.74 Å². The molecule has 0 atom stereocenters. The quantitative estimate of drug-likeness (QED) is 0.815. The highest BCUT2D eigenvalue weighted by Crippen LogP contribution is 2.37. The largest absolute Gasteiger partial charge is 0.487 e. The smallest absolute Gasteiger partial charge is 0.131 e. The summed E-state index contributed by atoms with van der Waals surface area (Å²) < 4.78 is 5.81. The van der Waals surface area contributed by atoms with E-state index in [0.717, 1.165) is 28.1 Å². The van der Waals surface area contributed by atoms with Crippen molar-refractivity contribution in [1.29, 1.82) is 5.26 Å². The zero-order chi connectivity index (χ0) is 14.8. The molecule has 0 aliphatic carbocycles. The van der Waals surface area contributed by atoms with Gasteiger partial charge in [-0.05, 0) is 19.1 Å². The number of hydrogen-bond donors (Lipinski definition) is 1. The van der Waals surface area contributed by atoms with Crippen molar-refractivity contribution in [3.8, 4) is 11.8 Å². The van der Waals surface area contributed by atoms with Gasteiger partial charge in [0.25, 0.3) is 0 Å². The predicted molar refractivity (Wildman–Crippen MR) is 78.2 cm³/mol. The Bertz CT molecular complexity index is 773. The van der Waals surface area contributed by atoms with Crippen molar-refractivity contribution in [2.75, 3.05) is 0 Å². The van der Waals surface area contributed by atoms with Gasteiger partial charge in [-0.3, -0.25) is 4.98 Å². The number of pyridine rings is 1. The number of nitriles is 1. The molecule has 4 nitrogen and oxygen atoms in total. The minimum Gasteiger partial charge on any atom is -0.487 e. The first-order valence-electron chi connectivity index (χ1n) is 6.67. The Balaban J connectivity index is 2.30. The third-order valence-electron chi connectivity index (χ3n) is 3.53. The number of aliphatic hydroxyl groups is 1. The topological polar surface area (TPSA) is 66.1 Å². The molecule has 0 amide bonds. The van der Waals surface area contributed by atoms with Gasteiger partial charge in [-0.15, -0.1) is 0 Å². The van der Waals surface area contributed by atoms with Gasteiger partial charge in [0.15, 0.2) is 0 Å². The van der Waals surface area contributed by atoms with Crippen LogP contribution in [-0.4, -0.2) is 10.1 Å². The molecule has 0 fully saturated rings. The minimum absolute atomic E-state index is 0.115. The fourth-order valence-corrected chi connectivity index (χ4v) is 2.52. The molecule has 1 aliphatic heterocycles. The lowest BCUT2D eigenvalue weighted by molar-refractivity contribution is 0.273. The van der Waals surface area contributed by atoms with Gasteiger partial charge in [-0.2, -0.15) is 5.26 Å². The van der Waals surface area contributed by atoms with Gasteiger partial charge in [0.1, 0.15) is 12.4 Å². The Morgan fingerprint density at radius 2 is 2.10 bits per heavy atom. The van der Waals surface area contributed by atoms with Crippen molar-refractivity contribution in [2.24, 2.45) is 0 Å². The Hall–Kier alpha value is -2.64. The highest BCUT2D eigenvalue weighted by Gasteiger charge is 2.22.